The van der Waals surface area contributed by atoms with E-state index < -0.39 is 12.0 Å². The van der Waals surface area contributed by atoms with Crippen molar-refractivity contribution >= 4 is 12.0 Å². The van der Waals surface area contributed by atoms with Crippen molar-refractivity contribution in [2.45, 2.75) is 39.2 Å². The Morgan fingerprint density at radius 1 is 1.40 bits per heavy atom. The van der Waals surface area contributed by atoms with Gasteiger partial charge in [-0.3, -0.25) is 0 Å². The number of hydrogen-bond acceptors (Lipinski definition) is 3. The number of hydrogen-bond donors (Lipinski definition) is 3. The van der Waals surface area contributed by atoms with Crippen LogP contribution < -0.4 is 10.6 Å². The molecule has 0 radical (unpaired) electrons. The molecule has 0 saturated carbocycles. The summed E-state index contributed by atoms with van der Waals surface area (Å²) < 4.78 is 0. The SMILES string of the molecule is CC(C)C[C@H](NC(=O)NCC1CCCN(C)C1)C(=O)O. The number of nitrogens with zero attached hydrogens (tertiary/aromatic N) is 1. The van der Waals surface area contributed by atoms with E-state index in [0.29, 0.717) is 18.9 Å². The van der Waals surface area contributed by atoms with Gasteiger partial charge in [0.25, 0.3) is 0 Å². The molecule has 2 atom stereocenters. The van der Waals surface area contributed by atoms with Crippen LogP contribution >= 0.6 is 0 Å². The summed E-state index contributed by atoms with van der Waals surface area (Å²) >= 11 is 0. The standard InChI is InChI=1S/C14H27N3O3/c1-10(2)7-12(13(18)19)16-14(20)15-8-11-5-4-6-17(3)9-11/h10-12H,4-9H2,1-3H3,(H,18,19)(H2,15,16,20)/t11?,12-/m0/s1. The highest BCUT2D eigenvalue weighted by Gasteiger charge is 2.22. The van der Waals surface area contributed by atoms with E-state index in [0.717, 1.165) is 25.9 Å². The topological polar surface area (TPSA) is 81.7 Å². The van der Waals surface area contributed by atoms with Gasteiger partial charge in [-0.2, -0.15) is 0 Å². The zero-order valence-electron chi connectivity index (χ0n) is 12.7. The molecule has 6 heteroatoms. The Morgan fingerprint density at radius 3 is 2.65 bits per heavy atom. The van der Waals surface area contributed by atoms with E-state index >= 15 is 0 Å². The molecule has 1 fully saturated rings. The van der Waals surface area contributed by atoms with Gasteiger partial charge in [0.15, 0.2) is 0 Å². The summed E-state index contributed by atoms with van der Waals surface area (Å²) in [5.41, 5.74) is 0. The van der Waals surface area contributed by atoms with Crippen LogP contribution in [0.15, 0.2) is 0 Å². The highest BCUT2D eigenvalue weighted by atomic mass is 16.4. The Labute approximate surface area is 120 Å². The number of likely N-dealkylation sites (tertiary alicyclic amines) is 1. The van der Waals surface area contributed by atoms with Crippen molar-refractivity contribution < 1.29 is 14.7 Å². The van der Waals surface area contributed by atoms with Crippen LogP contribution in [0.4, 0.5) is 4.79 Å². The number of piperidine rings is 1. The quantitative estimate of drug-likeness (QED) is 0.683. The van der Waals surface area contributed by atoms with Crippen LogP contribution in [0.3, 0.4) is 0 Å². The van der Waals surface area contributed by atoms with Gasteiger partial charge in [0, 0.05) is 13.1 Å². The maximum atomic E-state index is 11.8. The van der Waals surface area contributed by atoms with E-state index in [4.69, 9.17) is 5.11 Å². The summed E-state index contributed by atoms with van der Waals surface area (Å²) in [6.45, 7) is 6.57. The summed E-state index contributed by atoms with van der Waals surface area (Å²) in [5, 5.41) is 14.4. The highest BCUT2D eigenvalue weighted by Crippen LogP contribution is 2.13. The van der Waals surface area contributed by atoms with Crippen LogP contribution in [-0.2, 0) is 4.79 Å². The minimum Gasteiger partial charge on any atom is -0.480 e. The third-order valence-corrected chi connectivity index (χ3v) is 3.58. The van der Waals surface area contributed by atoms with E-state index in [-0.39, 0.29) is 11.9 Å². The second kappa shape index (κ2) is 8.09. The Bertz CT molecular complexity index is 334. The zero-order valence-corrected chi connectivity index (χ0v) is 12.7. The van der Waals surface area contributed by atoms with E-state index in [1.807, 2.05) is 13.8 Å². The molecular weight excluding hydrogens is 258 g/mol. The Kier molecular flexibility index (Phi) is 6.78. The van der Waals surface area contributed by atoms with E-state index in [9.17, 15) is 9.59 Å². The molecule has 1 aliphatic heterocycles. The first kappa shape index (κ1) is 16.8. The van der Waals surface area contributed by atoms with Crippen molar-refractivity contribution in [1.29, 1.82) is 0 Å². The monoisotopic (exact) mass is 285 g/mol. The van der Waals surface area contributed by atoms with Crippen LogP contribution in [0.5, 0.6) is 0 Å². The van der Waals surface area contributed by atoms with E-state index in [1.54, 1.807) is 0 Å². The lowest BCUT2D eigenvalue weighted by atomic mass is 9.98. The highest BCUT2D eigenvalue weighted by molar-refractivity contribution is 5.82. The number of carbonyl (C=O) groups excluding carboxylic acids is 1. The maximum Gasteiger partial charge on any atom is 0.326 e. The lowest BCUT2D eigenvalue weighted by Gasteiger charge is -2.29. The number of carboxylic acid groups (broad SMARTS) is 1. The lowest BCUT2D eigenvalue weighted by molar-refractivity contribution is -0.139. The number of aliphatic carboxylic acids is 1. The molecule has 0 aliphatic carbocycles. The van der Waals surface area contributed by atoms with Crippen LogP contribution in [0.1, 0.15) is 33.1 Å². The average molecular weight is 285 g/mol. The van der Waals surface area contributed by atoms with Gasteiger partial charge in [0.2, 0.25) is 0 Å². The van der Waals surface area contributed by atoms with Crippen molar-refractivity contribution in [1.82, 2.24) is 15.5 Å². The fourth-order valence-electron chi connectivity index (χ4n) is 2.58. The Hall–Kier alpha value is -1.30. The summed E-state index contributed by atoms with van der Waals surface area (Å²) in [6, 6.07) is -1.20. The largest absolute Gasteiger partial charge is 0.480 e. The van der Waals surface area contributed by atoms with E-state index in [1.165, 1.54) is 0 Å². The van der Waals surface area contributed by atoms with E-state index in [2.05, 4.69) is 22.6 Å². The van der Waals surface area contributed by atoms with Gasteiger partial charge in [0.1, 0.15) is 6.04 Å². The smallest absolute Gasteiger partial charge is 0.326 e. The second-order valence-electron chi connectivity index (χ2n) is 6.15. The molecule has 116 valence electrons. The average Bonchev–Trinajstić information content (AvgIpc) is 2.35. The van der Waals surface area contributed by atoms with Gasteiger partial charge < -0.3 is 20.6 Å². The predicted octanol–water partition coefficient (Wildman–Crippen LogP) is 1.13. The van der Waals surface area contributed by atoms with Crippen molar-refractivity contribution in [3.63, 3.8) is 0 Å². The first-order valence-electron chi connectivity index (χ1n) is 7.34. The molecular formula is C14H27N3O3. The first-order chi connectivity index (χ1) is 9.38. The molecule has 2 amide bonds. The first-order valence-corrected chi connectivity index (χ1v) is 7.34. The van der Waals surface area contributed by atoms with Gasteiger partial charge in [0.05, 0.1) is 0 Å². The zero-order chi connectivity index (χ0) is 15.1. The van der Waals surface area contributed by atoms with Crippen LogP contribution in [0.25, 0.3) is 0 Å². The number of carboxylic acids is 1. The number of nitrogens with one attached hydrogen (secondary N) is 2. The second-order valence-corrected chi connectivity index (χ2v) is 6.15. The van der Waals surface area contributed by atoms with Gasteiger partial charge in [-0.1, -0.05) is 13.8 Å². The molecule has 1 rings (SSSR count). The fraction of sp³-hybridized carbons (Fsp3) is 0.857. The minimum atomic E-state index is -0.980. The number of carbonyl (C=O) groups is 2. The summed E-state index contributed by atoms with van der Waals surface area (Å²) in [5.74, 6) is -0.303. The third-order valence-electron chi connectivity index (χ3n) is 3.58. The molecule has 0 spiro atoms. The van der Waals surface area contributed by atoms with Gasteiger partial charge in [-0.05, 0) is 44.7 Å². The van der Waals surface area contributed by atoms with Crippen molar-refractivity contribution in [3.8, 4) is 0 Å². The van der Waals surface area contributed by atoms with Gasteiger partial charge >= 0.3 is 12.0 Å². The van der Waals surface area contributed by atoms with Gasteiger partial charge in [-0.15, -0.1) is 0 Å². The minimum absolute atomic E-state index is 0.225. The molecule has 6 nitrogen and oxygen atoms in total. The van der Waals surface area contributed by atoms with Crippen molar-refractivity contribution in [3.05, 3.63) is 0 Å². The normalized spacial score (nSPS) is 21.5. The molecule has 0 aromatic carbocycles. The molecule has 1 saturated heterocycles. The predicted molar refractivity (Wildman–Crippen MR) is 77.6 cm³/mol. The molecule has 0 bridgehead atoms. The molecule has 1 aliphatic rings. The number of rotatable bonds is 6. The maximum absolute atomic E-state index is 11.8. The molecule has 0 aromatic rings. The Morgan fingerprint density at radius 2 is 2.10 bits per heavy atom. The molecule has 20 heavy (non-hydrogen) atoms. The summed E-state index contributed by atoms with van der Waals surface area (Å²) in [6.07, 6.45) is 2.70. The summed E-state index contributed by atoms with van der Waals surface area (Å²) in [7, 11) is 2.08. The number of amides is 2. The lowest BCUT2D eigenvalue weighted by Crippen LogP contribution is -2.48. The number of urea groups is 1. The summed E-state index contributed by atoms with van der Waals surface area (Å²) in [4.78, 5) is 25.1. The van der Waals surface area contributed by atoms with Crippen molar-refractivity contribution in [2.75, 3.05) is 26.7 Å². The third kappa shape index (κ3) is 6.23. The molecule has 1 heterocycles. The fourth-order valence-corrected chi connectivity index (χ4v) is 2.58. The van der Waals surface area contributed by atoms with Gasteiger partial charge in [-0.25, -0.2) is 9.59 Å². The molecule has 3 N–H and O–H groups in total. The molecule has 0 aromatic heterocycles. The van der Waals surface area contributed by atoms with Crippen molar-refractivity contribution in [2.24, 2.45) is 11.8 Å². The van der Waals surface area contributed by atoms with Crippen LogP contribution in [0, 0.1) is 11.8 Å². The molecule has 1 unspecified atom stereocenters. The van der Waals surface area contributed by atoms with Crippen LogP contribution in [-0.4, -0.2) is 54.7 Å². The van der Waals surface area contributed by atoms with Crippen LogP contribution in [0.2, 0.25) is 0 Å². The Balaban J connectivity index is 2.32.